The summed E-state index contributed by atoms with van der Waals surface area (Å²) in [4.78, 5) is 53.8. The molecule has 0 aliphatic carbocycles. The number of amides is 4. The average Bonchev–Trinajstić information content (AvgIpc) is 2.96. The Balaban J connectivity index is 1.47. The minimum absolute atomic E-state index is 0.0543. The summed E-state index contributed by atoms with van der Waals surface area (Å²) in [6, 6.07) is 17.3. The lowest BCUT2D eigenvalue weighted by Gasteiger charge is -2.36. The van der Waals surface area contributed by atoms with Gasteiger partial charge in [-0.15, -0.1) is 0 Å². The third-order valence-corrected chi connectivity index (χ3v) is 7.32. The molecule has 3 N–H and O–H groups in total. The summed E-state index contributed by atoms with van der Waals surface area (Å²) in [7, 11) is 0. The van der Waals surface area contributed by atoms with Crippen molar-refractivity contribution in [2.24, 2.45) is 0 Å². The monoisotopic (exact) mass is 597 g/mol. The molecule has 1 fully saturated rings. The highest BCUT2D eigenvalue weighted by Crippen LogP contribution is 2.13. The van der Waals surface area contributed by atoms with Crippen LogP contribution in [-0.4, -0.2) is 77.2 Å². The first kappa shape index (κ1) is 32.9. The molecule has 1 heterocycles. The van der Waals surface area contributed by atoms with Crippen LogP contribution in [0, 0.1) is 0 Å². The van der Waals surface area contributed by atoms with E-state index in [1.807, 2.05) is 47.4 Å². The van der Waals surface area contributed by atoms with E-state index in [0.717, 1.165) is 42.7 Å². The number of carbonyl (C=O) groups excluding carboxylic acids is 4. The Labute approximate surface area is 253 Å². The molecule has 0 saturated carbocycles. The molecular formula is C31H43N5O5S. The zero-order valence-corrected chi connectivity index (χ0v) is 25.8. The first-order chi connectivity index (χ1) is 20.0. The molecule has 2 aromatic carbocycles. The topological polar surface area (TPSA) is 120 Å². The largest absolute Gasteiger partial charge is 0.443 e. The van der Waals surface area contributed by atoms with Crippen LogP contribution >= 0.6 is 11.9 Å². The third kappa shape index (κ3) is 11.7. The number of rotatable bonds is 12. The predicted octanol–water partition coefficient (Wildman–Crippen LogP) is 3.26. The summed E-state index contributed by atoms with van der Waals surface area (Å²) in [6.07, 6.45) is 0.0981. The highest BCUT2D eigenvalue weighted by atomic mass is 32.2. The second-order valence-electron chi connectivity index (χ2n) is 11.3. The van der Waals surface area contributed by atoms with E-state index < -0.39 is 17.7 Å². The Morgan fingerprint density at radius 3 is 2.14 bits per heavy atom. The van der Waals surface area contributed by atoms with E-state index in [1.165, 1.54) is 5.56 Å². The molecule has 0 aromatic heterocycles. The van der Waals surface area contributed by atoms with Gasteiger partial charge in [0, 0.05) is 52.1 Å². The predicted molar refractivity (Wildman–Crippen MR) is 164 cm³/mol. The molecule has 228 valence electrons. The Morgan fingerprint density at radius 1 is 0.881 bits per heavy atom. The highest BCUT2D eigenvalue weighted by molar-refractivity contribution is 7.98. The lowest BCUT2D eigenvalue weighted by atomic mass is 10.0. The maximum absolute atomic E-state index is 13.5. The van der Waals surface area contributed by atoms with Gasteiger partial charge in [0.25, 0.3) is 0 Å². The molecule has 1 saturated heterocycles. The SMILES string of the molecule is CCC(=O)N[C@H](Cc1ccc(CNC(=O)CSNC(=O)OC(C)(C)C)cc1)C(=O)N1CCN(Cc2ccccc2)CC1. The van der Waals surface area contributed by atoms with Crippen molar-refractivity contribution in [3.63, 3.8) is 0 Å². The van der Waals surface area contributed by atoms with Crippen LogP contribution in [0.3, 0.4) is 0 Å². The molecule has 4 amide bonds. The van der Waals surface area contributed by atoms with Crippen molar-refractivity contribution in [1.82, 2.24) is 25.2 Å². The maximum atomic E-state index is 13.5. The van der Waals surface area contributed by atoms with Gasteiger partial charge in [0.2, 0.25) is 17.7 Å². The van der Waals surface area contributed by atoms with Crippen molar-refractivity contribution in [3.05, 3.63) is 71.3 Å². The first-order valence-corrected chi connectivity index (χ1v) is 15.3. The van der Waals surface area contributed by atoms with Gasteiger partial charge in [0.15, 0.2) is 0 Å². The summed E-state index contributed by atoms with van der Waals surface area (Å²) < 4.78 is 7.62. The molecule has 11 heteroatoms. The van der Waals surface area contributed by atoms with Crippen LogP contribution in [0.2, 0.25) is 0 Å². The minimum Gasteiger partial charge on any atom is -0.443 e. The molecule has 1 aliphatic rings. The molecule has 1 atom stereocenters. The minimum atomic E-state index is -0.641. The normalized spacial score (nSPS) is 14.5. The van der Waals surface area contributed by atoms with Gasteiger partial charge in [-0.25, -0.2) is 4.79 Å². The highest BCUT2D eigenvalue weighted by Gasteiger charge is 2.28. The van der Waals surface area contributed by atoms with Crippen molar-refractivity contribution < 1.29 is 23.9 Å². The smallest absolute Gasteiger partial charge is 0.417 e. The molecule has 1 aliphatic heterocycles. The van der Waals surface area contributed by atoms with E-state index in [4.69, 9.17) is 4.74 Å². The Bertz CT molecular complexity index is 1180. The van der Waals surface area contributed by atoms with Gasteiger partial charge in [-0.05, 0) is 49.4 Å². The van der Waals surface area contributed by atoms with Gasteiger partial charge in [0.05, 0.1) is 5.75 Å². The third-order valence-electron chi connectivity index (χ3n) is 6.60. The number of nitrogens with one attached hydrogen (secondary N) is 3. The number of nitrogens with zero attached hydrogens (tertiary/aromatic N) is 2. The Kier molecular flexibility index (Phi) is 12.7. The standard InChI is InChI=1S/C31H43N5O5S/c1-5-27(37)33-26(29(39)36-17-15-35(16-18-36)21-25-9-7-6-8-10-25)19-23-11-13-24(14-12-23)20-32-28(38)22-42-34-30(40)41-31(2,3)4/h6-14,26H,5,15-22H2,1-4H3,(H,32,38)(H,33,37)(H,34,40)/t26-/m1/s1. The van der Waals surface area contributed by atoms with Gasteiger partial charge in [0.1, 0.15) is 11.6 Å². The summed E-state index contributed by atoms with van der Waals surface area (Å²) >= 11 is 0.966. The fourth-order valence-electron chi connectivity index (χ4n) is 4.42. The molecule has 0 bridgehead atoms. The molecular weight excluding hydrogens is 554 g/mol. The van der Waals surface area contributed by atoms with E-state index >= 15 is 0 Å². The molecule has 0 radical (unpaired) electrons. The number of carbonyl (C=O) groups is 4. The number of hydrogen-bond acceptors (Lipinski definition) is 7. The lowest BCUT2D eigenvalue weighted by Crippen LogP contribution is -2.55. The van der Waals surface area contributed by atoms with Crippen molar-refractivity contribution in [2.75, 3.05) is 31.9 Å². The van der Waals surface area contributed by atoms with E-state index in [9.17, 15) is 19.2 Å². The fourth-order valence-corrected chi connectivity index (χ4v) is 4.89. The lowest BCUT2D eigenvalue weighted by molar-refractivity contribution is -0.138. The van der Waals surface area contributed by atoms with Crippen molar-refractivity contribution in [1.29, 1.82) is 0 Å². The van der Waals surface area contributed by atoms with Crippen LogP contribution in [0.25, 0.3) is 0 Å². The second kappa shape index (κ2) is 16.2. The first-order valence-electron chi connectivity index (χ1n) is 14.3. The fraction of sp³-hybridized carbons (Fsp3) is 0.484. The molecule has 2 aromatic rings. The van der Waals surface area contributed by atoms with Crippen LogP contribution in [0.4, 0.5) is 4.79 Å². The quantitative estimate of drug-likeness (QED) is 0.321. The van der Waals surface area contributed by atoms with Crippen LogP contribution < -0.4 is 15.4 Å². The molecule has 42 heavy (non-hydrogen) atoms. The van der Waals surface area contributed by atoms with E-state index in [2.05, 4.69) is 32.4 Å². The van der Waals surface area contributed by atoms with E-state index in [-0.39, 0.29) is 23.5 Å². The summed E-state index contributed by atoms with van der Waals surface area (Å²) in [6.45, 7) is 11.1. The Hall–Kier alpha value is -3.57. The van der Waals surface area contributed by atoms with Crippen molar-refractivity contribution >= 4 is 35.8 Å². The second-order valence-corrected chi connectivity index (χ2v) is 12.0. The summed E-state index contributed by atoms with van der Waals surface area (Å²) in [5.74, 6) is -0.393. The van der Waals surface area contributed by atoms with E-state index in [1.54, 1.807) is 27.7 Å². The zero-order chi connectivity index (χ0) is 30.5. The van der Waals surface area contributed by atoms with Crippen LogP contribution in [0.1, 0.15) is 50.8 Å². The number of benzene rings is 2. The Morgan fingerprint density at radius 2 is 1.52 bits per heavy atom. The van der Waals surface area contributed by atoms with Gasteiger partial charge >= 0.3 is 6.09 Å². The molecule has 3 rings (SSSR count). The summed E-state index contributed by atoms with van der Waals surface area (Å²) in [5.41, 5.74) is 2.46. The van der Waals surface area contributed by atoms with Gasteiger partial charge in [-0.2, -0.15) is 0 Å². The van der Waals surface area contributed by atoms with Crippen LogP contribution in [0.5, 0.6) is 0 Å². The molecule has 0 spiro atoms. The summed E-state index contributed by atoms with van der Waals surface area (Å²) in [5, 5.41) is 5.74. The molecule has 0 unspecified atom stereocenters. The molecule has 10 nitrogen and oxygen atoms in total. The number of hydrogen-bond donors (Lipinski definition) is 3. The van der Waals surface area contributed by atoms with Crippen LogP contribution in [0.15, 0.2) is 54.6 Å². The zero-order valence-electron chi connectivity index (χ0n) is 25.0. The van der Waals surface area contributed by atoms with Crippen molar-refractivity contribution in [3.8, 4) is 0 Å². The maximum Gasteiger partial charge on any atom is 0.417 e. The van der Waals surface area contributed by atoms with Gasteiger partial charge in [-0.1, -0.05) is 61.5 Å². The van der Waals surface area contributed by atoms with Crippen molar-refractivity contribution in [2.45, 2.75) is 65.3 Å². The van der Waals surface area contributed by atoms with E-state index in [0.29, 0.717) is 32.5 Å². The average molecular weight is 598 g/mol. The number of piperazine rings is 1. The van der Waals surface area contributed by atoms with Gasteiger partial charge in [-0.3, -0.25) is 24.0 Å². The van der Waals surface area contributed by atoms with Crippen LogP contribution in [-0.2, 0) is 38.6 Å². The number of ether oxygens (including phenoxy) is 1. The van der Waals surface area contributed by atoms with Gasteiger partial charge < -0.3 is 20.3 Å².